The van der Waals surface area contributed by atoms with Crippen molar-refractivity contribution in [2.24, 2.45) is 11.8 Å². The first-order chi connectivity index (χ1) is 20.8. The van der Waals surface area contributed by atoms with Crippen LogP contribution >= 0.6 is 0 Å². The van der Waals surface area contributed by atoms with E-state index in [0.717, 1.165) is 34.9 Å². The van der Waals surface area contributed by atoms with Crippen molar-refractivity contribution in [2.75, 3.05) is 13.2 Å². The van der Waals surface area contributed by atoms with Crippen LogP contribution in [0.15, 0.2) is 86.1 Å². The molecule has 8 nitrogen and oxygen atoms in total. The molecular formula is C35H45N3O5. The molecular weight excluding hydrogens is 542 g/mol. The van der Waals surface area contributed by atoms with E-state index in [-0.39, 0.29) is 43.3 Å². The number of fused-ring (bicyclic) bond motifs is 1. The van der Waals surface area contributed by atoms with Crippen molar-refractivity contribution in [2.45, 2.75) is 64.0 Å². The highest BCUT2D eigenvalue weighted by atomic mass is 16.5. The van der Waals surface area contributed by atoms with Crippen molar-refractivity contribution in [1.82, 2.24) is 15.6 Å². The largest absolute Gasteiger partial charge is 0.463 e. The Kier molecular flexibility index (Phi) is 13.7. The van der Waals surface area contributed by atoms with Crippen LogP contribution in [0.3, 0.4) is 0 Å². The molecule has 3 aromatic rings. The van der Waals surface area contributed by atoms with Crippen molar-refractivity contribution in [1.29, 1.82) is 0 Å². The van der Waals surface area contributed by atoms with Crippen LogP contribution in [-0.2, 0) is 32.0 Å². The molecule has 1 heterocycles. The van der Waals surface area contributed by atoms with Crippen molar-refractivity contribution >= 4 is 28.7 Å². The van der Waals surface area contributed by atoms with Gasteiger partial charge in [-0.05, 0) is 62.6 Å². The highest BCUT2D eigenvalue weighted by molar-refractivity contribution is 5.86. The molecule has 0 saturated heterocycles. The normalized spacial score (nSPS) is 13.8. The number of amides is 2. The van der Waals surface area contributed by atoms with Crippen LogP contribution in [0.5, 0.6) is 0 Å². The topological polar surface area (TPSA) is 121 Å². The number of benzene rings is 2. The van der Waals surface area contributed by atoms with Gasteiger partial charge >= 0.3 is 5.97 Å². The number of carbonyl (C=O) groups excluding carboxylic acids is 3. The maximum atomic E-state index is 13.5. The lowest BCUT2D eigenvalue weighted by atomic mass is 9.94. The number of unbranched alkanes of at least 4 members (excludes halogenated alkanes) is 1. The second-order valence-electron chi connectivity index (χ2n) is 11.1. The summed E-state index contributed by atoms with van der Waals surface area (Å²) in [6, 6.07) is 16.8. The summed E-state index contributed by atoms with van der Waals surface area (Å²) in [5.41, 5.74) is 3.02. The Labute approximate surface area is 254 Å². The number of aromatic amines is 1. The summed E-state index contributed by atoms with van der Waals surface area (Å²) >= 11 is 0. The summed E-state index contributed by atoms with van der Waals surface area (Å²) in [6.07, 6.45) is 8.92. The number of ether oxygens (including phenoxy) is 1. The van der Waals surface area contributed by atoms with E-state index in [4.69, 9.17) is 4.74 Å². The van der Waals surface area contributed by atoms with Gasteiger partial charge in [-0.25, -0.2) is 0 Å². The van der Waals surface area contributed by atoms with E-state index in [9.17, 15) is 19.5 Å². The number of para-hydroxylation sites is 1. The third kappa shape index (κ3) is 10.9. The molecule has 0 bridgehead atoms. The van der Waals surface area contributed by atoms with E-state index >= 15 is 0 Å². The molecule has 4 N–H and O–H groups in total. The van der Waals surface area contributed by atoms with Crippen molar-refractivity contribution in [3.8, 4) is 0 Å². The first kappa shape index (κ1) is 33.3. The number of nitrogens with one attached hydrogen (secondary N) is 3. The molecule has 0 unspecified atom stereocenters. The third-order valence-electron chi connectivity index (χ3n) is 7.47. The van der Waals surface area contributed by atoms with Crippen molar-refractivity contribution in [3.63, 3.8) is 0 Å². The molecule has 0 spiro atoms. The van der Waals surface area contributed by atoms with Gasteiger partial charge in [0.15, 0.2) is 0 Å². The molecule has 2 aromatic carbocycles. The summed E-state index contributed by atoms with van der Waals surface area (Å²) < 4.78 is 5.90. The number of aliphatic hydroxyl groups is 1. The molecule has 4 atom stereocenters. The number of H-pyrrole nitrogens is 1. The van der Waals surface area contributed by atoms with Crippen LogP contribution in [0.4, 0.5) is 0 Å². The van der Waals surface area contributed by atoms with Gasteiger partial charge in [0.2, 0.25) is 11.8 Å². The number of esters is 1. The monoisotopic (exact) mass is 587 g/mol. The average Bonchev–Trinajstić information content (AvgIpc) is 3.42. The molecule has 43 heavy (non-hydrogen) atoms. The van der Waals surface area contributed by atoms with Gasteiger partial charge in [0.05, 0.1) is 24.5 Å². The Balaban J connectivity index is 1.76. The van der Waals surface area contributed by atoms with Gasteiger partial charge in [-0.1, -0.05) is 60.7 Å². The Morgan fingerprint density at radius 2 is 1.72 bits per heavy atom. The van der Waals surface area contributed by atoms with Crippen LogP contribution in [0.25, 0.3) is 10.9 Å². The quantitative estimate of drug-likeness (QED) is 0.0891. The van der Waals surface area contributed by atoms with Gasteiger partial charge in [0, 0.05) is 29.6 Å². The van der Waals surface area contributed by atoms with Crippen LogP contribution in [0.1, 0.15) is 50.2 Å². The fraction of sp³-hybridized carbons (Fsp3) is 0.400. The fourth-order valence-electron chi connectivity index (χ4n) is 5.14. The number of hydrogen-bond donors (Lipinski definition) is 4. The van der Waals surface area contributed by atoms with Gasteiger partial charge < -0.3 is 25.5 Å². The summed E-state index contributed by atoms with van der Waals surface area (Å²) in [5, 5.41) is 16.0. The molecule has 230 valence electrons. The number of aliphatic hydroxyl groups excluding tert-OH is 1. The van der Waals surface area contributed by atoms with E-state index in [1.165, 1.54) is 0 Å². The van der Waals surface area contributed by atoms with Crippen LogP contribution in [-0.4, -0.2) is 53.2 Å². The summed E-state index contributed by atoms with van der Waals surface area (Å²) in [6.45, 7) is 9.03. The molecule has 2 amide bonds. The highest BCUT2D eigenvalue weighted by Gasteiger charge is 2.27. The van der Waals surface area contributed by atoms with Gasteiger partial charge in [0.1, 0.15) is 6.61 Å². The number of carbonyl (C=O) groups is 3. The predicted molar refractivity (Wildman–Crippen MR) is 170 cm³/mol. The van der Waals surface area contributed by atoms with Gasteiger partial charge in [-0.2, -0.15) is 0 Å². The van der Waals surface area contributed by atoms with E-state index < -0.39 is 18.0 Å². The van der Waals surface area contributed by atoms with E-state index in [0.29, 0.717) is 25.7 Å². The minimum Gasteiger partial charge on any atom is -0.463 e. The number of hydrogen-bond acceptors (Lipinski definition) is 5. The third-order valence-corrected chi connectivity index (χ3v) is 7.47. The lowest BCUT2D eigenvalue weighted by Gasteiger charge is -2.24. The summed E-state index contributed by atoms with van der Waals surface area (Å²) in [7, 11) is 0. The zero-order valence-corrected chi connectivity index (χ0v) is 25.1. The standard InChI is InChI=1S/C35H45N3O5/c1-4-6-8-16-28(19-26-14-9-7-10-15-26)35(42)43-24-30(20-29-22-36-32-18-12-11-17-31(29)32)38-34(41)27(13-5-2)21-33(40)37-25(3)23-39/h4-5,7,9-12,14-15,17-18,22,25,27-28,30,36,39H,1-2,6,8,13,16,19-21,23-24H2,3H3,(H,37,40)(H,38,41)/t25-,27+,28+,30-/m0/s1. The fourth-order valence-corrected chi connectivity index (χ4v) is 5.14. The predicted octanol–water partition coefficient (Wildman–Crippen LogP) is 5.03. The van der Waals surface area contributed by atoms with E-state index in [1.807, 2.05) is 66.9 Å². The number of allylic oxidation sites excluding steroid dienone is 2. The highest BCUT2D eigenvalue weighted by Crippen LogP contribution is 2.21. The second-order valence-corrected chi connectivity index (χ2v) is 11.1. The minimum absolute atomic E-state index is 0.00855. The molecule has 0 saturated carbocycles. The lowest BCUT2D eigenvalue weighted by molar-refractivity contribution is -0.150. The Morgan fingerprint density at radius 1 is 0.977 bits per heavy atom. The minimum atomic E-state index is -0.658. The number of aromatic nitrogens is 1. The molecule has 3 rings (SSSR count). The van der Waals surface area contributed by atoms with Crippen LogP contribution in [0, 0.1) is 11.8 Å². The van der Waals surface area contributed by atoms with Crippen molar-refractivity contribution < 1.29 is 24.2 Å². The first-order valence-electron chi connectivity index (χ1n) is 15.0. The van der Waals surface area contributed by atoms with E-state index in [1.54, 1.807) is 13.0 Å². The molecule has 0 aliphatic heterocycles. The zero-order chi connectivity index (χ0) is 31.0. The lowest BCUT2D eigenvalue weighted by Crippen LogP contribution is -2.45. The second kappa shape index (κ2) is 17.7. The molecule has 0 aliphatic carbocycles. The summed E-state index contributed by atoms with van der Waals surface area (Å²) in [5.74, 6) is -1.93. The Hall–Kier alpha value is -4.17. The summed E-state index contributed by atoms with van der Waals surface area (Å²) in [4.78, 5) is 42.7. The molecule has 0 fully saturated rings. The molecule has 8 heteroatoms. The van der Waals surface area contributed by atoms with Gasteiger partial charge in [-0.15, -0.1) is 13.2 Å². The van der Waals surface area contributed by atoms with Gasteiger partial charge in [-0.3, -0.25) is 14.4 Å². The average molecular weight is 588 g/mol. The van der Waals surface area contributed by atoms with Crippen molar-refractivity contribution in [3.05, 3.63) is 97.2 Å². The SMILES string of the molecule is C=CCCC[C@H](Cc1ccccc1)C(=O)OC[C@H](Cc1c[nH]c2ccccc12)NC(=O)[C@H](CC=C)CC(=O)N[C@@H](C)CO. The van der Waals surface area contributed by atoms with Crippen LogP contribution < -0.4 is 10.6 Å². The van der Waals surface area contributed by atoms with Gasteiger partial charge in [0.25, 0.3) is 0 Å². The number of rotatable bonds is 19. The Bertz CT molecular complexity index is 1340. The first-order valence-corrected chi connectivity index (χ1v) is 15.0. The zero-order valence-electron chi connectivity index (χ0n) is 25.1. The molecule has 0 aliphatic rings. The van der Waals surface area contributed by atoms with Crippen LogP contribution in [0.2, 0.25) is 0 Å². The van der Waals surface area contributed by atoms with E-state index in [2.05, 4.69) is 28.8 Å². The molecule has 0 radical (unpaired) electrons. The molecule has 1 aromatic heterocycles. The smallest absolute Gasteiger partial charge is 0.309 e. The maximum absolute atomic E-state index is 13.5. The maximum Gasteiger partial charge on any atom is 0.309 e. The Morgan fingerprint density at radius 3 is 2.44 bits per heavy atom.